The van der Waals surface area contributed by atoms with Gasteiger partial charge in [-0.1, -0.05) is 6.07 Å². The van der Waals surface area contributed by atoms with Gasteiger partial charge in [0.05, 0.1) is 7.11 Å². The molecule has 1 aliphatic rings. The van der Waals surface area contributed by atoms with Crippen molar-refractivity contribution in [1.82, 2.24) is 15.1 Å². The number of nitrogens with one attached hydrogen (secondary N) is 2. The Bertz CT molecular complexity index is 981. The Kier molecular flexibility index (Phi) is 7.88. The van der Waals surface area contributed by atoms with E-state index in [0.29, 0.717) is 37.4 Å². The molecule has 2 aromatic carbocycles. The van der Waals surface area contributed by atoms with Gasteiger partial charge in [0.25, 0.3) is 5.91 Å². The zero-order valence-electron chi connectivity index (χ0n) is 19.7. The molecule has 0 aliphatic carbocycles. The monoisotopic (exact) mass is 438 g/mol. The molecule has 32 heavy (non-hydrogen) atoms. The van der Waals surface area contributed by atoms with E-state index >= 15 is 0 Å². The Labute approximate surface area is 190 Å². The summed E-state index contributed by atoms with van der Waals surface area (Å²) in [4.78, 5) is 28.8. The highest BCUT2D eigenvalue weighted by molar-refractivity contribution is 5.97. The predicted octanol–water partition coefficient (Wildman–Crippen LogP) is 2.95. The van der Waals surface area contributed by atoms with Crippen LogP contribution in [0.15, 0.2) is 30.3 Å². The van der Waals surface area contributed by atoms with Crippen LogP contribution >= 0.6 is 0 Å². The fourth-order valence-corrected chi connectivity index (χ4v) is 3.99. The molecule has 0 spiro atoms. The molecule has 0 radical (unpaired) electrons. The average Bonchev–Trinajstić information content (AvgIpc) is 2.76. The van der Waals surface area contributed by atoms with Gasteiger partial charge in [0, 0.05) is 57.4 Å². The Balaban J connectivity index is 1.74. The fourth-order valence-electron chi connectivity index (χ4n) is 3.99. The number of methoxy groups -OCH3 is 1. The van der Waals surface area contributed by atoms with Gasteiger partial charge < -0.3 is 25.2 Å². The number of nitrogens with zero attached hydrogens (tertiary/aromatic N) is 2. The van der Waals surface area contributed by atoms with Crippen LogP contribution in [0.3, 0.4) is 0 Å². The highest BCUT2D eigenvalue weighted by atomic mass is 16.5. The number of rotatable bonds is 7. The quantitative estimate of drug-likeness (QED) is 0.695. The summed E-state index contributed by atoms with van der Waals surface area (Å²) < 4.78 is 5.40. The van der Waals surface area contributed by atoms with Crippen LogP contribution in [0.25, 0.3) is 0 Å². The number of hydrogen-bond donors (Lipinski definition) is 2. The Hall–Kier alpha value is -2.90. The Morgan fingerprint density at radius 3 is 2.38 bits per heavy atom. The summed E-state index contributed by atoms with van der Waals surface area (Å²) in [7, 11) is 3.75. The molecule has 7 nitrogen and oxygen atoms in total. The zero-order chi connectivity index (χ0) is 23.3. The minimum Gasteiger partial charge on any atom is -0.496 e. The molecule has 1 heterocycles. The highest BCUT2D eigenvalue weighted by Crippen LogP contribution is 2.24. The third-order valence-electron chi connectivity index (χ3n) is 6.06. The minimum absolute atomic E-state index is 0.00757. The lowest BCUT2D eigenvalue weighted by Gasteiger charge is -2.32. The van der Waals surface area contributed by atoms with Crippen molar-refractivity contribution in [1.29, 1.82) is 0 Å². The van der Waals surface area contributed by atoms with Crippen LogP contribution in [0.5, 0.6) is 5.75 Å². The average molecular weight is 439 g/mol. The van der Waals surface area contributed by atoms with Crippen LogP contribution in [-0.2, 0) is 17.9 Å². The number of ether oxygens (including phenoxy) is 1. The zero-order valence-corrected chi connectivity index (χ0v) is 19.7. The summed E-state index contributed by atoms with van der Waals surface area (Å²) in [6.45, 7) is 10.1. The fraction of sp³-hybridized carbons (Fsp3) is 0.440. The Morgan fingerprint density at radius 2 is 1.72 bits per heavy atom. The van der Waals surface area contributed by atoms with E-state index in [2.05, 4.69) is 42.5 Å². The van der Waals surface area contributed by atoms with Gasteiger partial charge in [-0.05, 0) is 67.4 Å². The molecule has 1 saturated heterocycles. The van der Waals surface area contributed by atoms with Crippen LogP contribution in [0, 0.1) is 13.8 Å². The van der Waals surface area contributed by atoms with E-state index in [9.17, 15) is 9.59 Å². The molecule has 0 aromatic heterocycles. The minimum atomic E-state index is -0.155. The van der Waals surface area contributed by atoms with Crippen LogP contribution < -0.4 is 15.4 Å². The summed E-state index contributed by atoms with van der Waals surface area (Å²) in [5, 5.41) is 6.30. The van der Waals surface area contributed by atoms with Crippen LogP contribution in [0.2, 0.25) is 0 Å². The summed E-state index contributed by atoms with van der Waals surface area (Å²) in [6, 6.07) is 9.67. The lowest BCUT2D eigenvalue weighted by atomic mass is 10.0. The van der Waals surface area contributed by atoms with Crippen molar-refractivity contribution in [2.24, 2.45) is 0 Å². The van der Waals surface area contributed by atoms with Gasteiger partial charge in [-0.25, -0.2) is 0 Å². The van der Waals surface area contributed by atoms with Crippen LogP contribution in [-0.4, -0.2) is 62.0 Å². The molecule has 0 atom stereocenters. The van der Waals surface area contributed by atoms with Crippen molar-refractivity contribution < 1.29 is 14.3 Å². The van der Waals surface area contributed by atoms with Gasteiger partial charge in [0.15, 0.2) is 0 Å². The maximum absolute atomic E-state index is 13.1. The molecule has 7 heteroatoms. The number of benzene rings is 2. The van der Waals surface area contributed by atoms with Crippen molar-refractivity contribution in [2.45, 2.75) is 33.9 Å². The molecule has 1 aliphatic heterocycles. The maximum atomic E-state index is 13.1. The first-order valence-corrected chi connectivity index (χ1v) is 11.0. The SMILES string of the molecule is COc1ccc(CNCc2cc(NC(C)=O)cc(C(=O)N3CCN(C)CC3)c2)c(C)c1C. The second-order valence-electron chi connectivity index (χ2n) is 8.48. The molecule has 1 fully saturated rings. The summed E-state index contributed by atoms with van der Waals surface area (Å²) in [6.07, 6.45) is 0. The van der Waals surface area contributed by atoms with Gasteiger partial charge in [-0.15, -0.1) is 0 Å². The highest BCUT2D eigenvalue weighted by Gasteiger charge is 2.21. The van der Waals surface area contributed by atoms with E-state index in [-0.39, 0.29) is 11.8 Å². The third kappa shape index (κ3) is 5.87. The first-order valence-electron chi connectivity index (χ1n) is 11.0. The smallest absolute Gasteiger partial charge is 0.254 e. The molecule has 0 bridgehead atoms. The lowest BCUT2D eigenvalue weighted by Crippen LogP contribution is -2.47. The first-order chi connectivity index (χ1) is 15.3. The van der Waals surface area contributed by atoms with Gasteiger partial charge >= 0.3 is 0 Å². The number of amides is 2. The van der Waals surface area contributed by atoms with Crippen molar-refractivity contribution in [3.05, 3.63) is 58.1 Å². The number of piperazine rings is 1. The van der Waals surface area contributed by atoms with E-state index in [1.165, 1.54) is 18.1 Å². The van der Waals surface area contributed by atoms with Crippen molar-refractivity contribution in [2.75, 3.05) is 45.7 Å². The molecule has 3 rings (SSSR count). The molecule has 2 amide bonds. The van der Waals surface area contributed by atoms with Crippen molar-refractivity contribution in [3.8, 4) is 5.75 Å². The number of carbonyl (C=O) groups is 2. The van der Waals surface area contributed by atoms with Gasteiger partial charge in [-0.2, -0.15) is 0 Å². The second-order valence-corrected chi connectivity index (χ2v) is 8.48. The van der Waals surface area contributed by atoms with Gasteiger partial charge in [-0.3, -0.25) is 9.59 Å². The van der Waals surface area contributed by atoms with Gasteiger partial charge in [0.1, 0.15) is 5.75 Å². The number of likely N-dealkylation sites (N-methyl/N-ethyl adjacent to an activating group) is 1. The van der Waals surface area contributed by atoms with E-state index in [1.54, 1.807) is 13.2 Å². The summed E-state index contributed by atoms with van der Waals surface area (Å²) >= 11 is 0. The first kappa shape index (κ1) is 23.8. The number of hydrogen-bond acceptors (Lipinski definition) is 5. The summed E-state index contributed by atoms with van der Waals surface area (Å²) in [5.41, 5.74) is 5.75. The number of carbonyl (C=O) groups excluding carboxylic acids is 2. The number of anilines is 1. The topological polar surface area (TPSA) is 73.9 Å². The molecule has 0 unspecified atom stereocenters. The molecule has 172 valence electrons. The summed E-state index contributed by atoms with van der Waals surface area (Å²) in [5.74, 6) is 0.743. The van der Waals surface area contributed by atoms with E-state index in [4.69, 9.17) is 4.74 Å². The second kappa shape index (κ2) is 10.6. The van der Waals surface area contributed by atoms with Crippen LogP contribution in [0.1, 0.15) is 39.5 Å². The van der Waals surface area contributed by atoms with Gasteiger partial charge in [0.2, 0.25) is 5.91 Å². The normalized spacial score (nSPS) is 14.3. The standard InChI is InChI=1S/C25H34N4O3/c1-17-18(2)24(32-5)7-6-21(17)16-26-15-20-12-22(14-23(13-20)27-19(3)30)25(31)29-10-8-28(4)9-11-29/h6-7,12-14,26H,8-11,15-16H2,1-5H3,(H,27,30). The predicted molar refractivity (Wildman–Crippen MR) is 127 cm³/mol. The van der Waals surface area contributed by atoms with E-state index < -0.39 is 0 Å². The van der Waals surface area contributed by atoms with Crippen molar-refractivity contribution >= 4 is 17.5 Å². The van der Waals surface area contributed by atoms with Crippen LogP contribution in [0.4, 0.5) is 5.69 Å². The Morgan fingerprint density at radius 1 is 1.00 bits per heavy atom. The molecular weight excluding hydrogens is 404 g/mol. The lowest BCUT2D eigenvalue weighted by molar-refractivity contribution is -0.114. The molecule has 0 saturated carbocycles. The largest absolute Gasteiger partial charge is 0.496 e. The van der Waals surface area contributed by atoms with Crippen molar-refractivity contribution in [3.63, 3.8) is 0 Å². The van der Waals surface area contributed by atoms with E-state index in [1.807, 2.05) is 23.1 Å². The third-order valence-corrected chi connectivity index (χ3v) is 6.06. The van der Waals surface area contributed by atoms with E-state index in [0.717, 1.165) is 30.0 Å². The molecule has 2 aromatic rings. The maximum Gasteiger partial charge on any atom is 0.254 e. The molecular formula is C25H34N4O3. The molecule has 2 N–H and O–H groups in total.